The van der Waals surface area contributed by atoms with E-state index in [9.17, 15) is 0 Å². The van der Waals surface area contributed by atoms with Crippen LogP contribution in [0, 0.1) is 0 Å². The van der Waals surface area contributed by atoms with E-state index in [1.165, 1.54) is 25.0 Å². The Morgan fingerprint density at radius 2 is 2.24 bits per heavy atom. The molecule has 1 unspecified atom stereocenters. The normalized spacial score (nSPS) is 21.9. The molecule has 4 heteroatoms. The van der Waals surface area contributed by atoms with Crippen molar-refractivity contribution in [3.05, 3.63) is 0 Å². The fourth-order valence-electron chi connectivity index (χ4n) is 2.13. The first kappa shape index (κ1) is 15.3. The molecule has 0 aliphatic carbocycles. The molecule has 102 valence electrons. The van der Waals surface area contributed by atoms with Crippen LogP contribution in [0.2, 0.25) is 0 Å². The Hall–Kier alpha value is 0.230. The van der Waals surface area contributed by atoms with Crippen LogP contribution >= 0.6 is 11.8 Å². The van der Waals surface area contributed by atoms with Crippen molar-refractivity contribution in [3.8, 4) is 0 Å². The molecule has 0 aromatic rings. The smallest absolute Gasteiger partial charge is 0.0826 e. The lowest BCUT2D eigenvalue weighted by Gasteiger charge is -2.32. The average Bonchev–Trinajstić information content (AvgIpc) is 2.38. The van der Waals surface area contributed by atoms with Crippen LogP contribution in [-0.2, 0) is 4.74 Å². The van der Waals surface area contributed by atoms with Crippen LogP contribution < -0.4 is 5.32 Å². The molecule has 0 spiro atoms. The lowest BCUT2D eigenvalue weighted by atomic mass is 10.2. The predicted octanol–water partition coefficient (Wildman–Crippen LogP) is 1.83. The third-order valence-corrected chi connectivity index (χ3v) is 3.94. The topological polar surface area (TPSA) is 24.5 Å². The molecule has 1 aliphatic heterocycles. The van der Waals surface area contributed by atoms with E-state index >= 15 is 0 Å². The van der Waals surface area contributed by atoms with Gasteiger partial charge in [-0.2, -0.15) is 11.8 Å². The third-order valence-electron chi connectivity index (χ3n) is 3.24. The molecule has 3 nitrogen and oxygen atoms in total. The van der Waals surface area contributed by atoms with E-state index in [0.717, 1.165) is 39.3 Å². The molecule has 1 atom stereocenters. The third kappa shape index (κ3) is 7.29. The van der Waals surface area contributed by atoms with Gasteiger partial charge in [-0.15, -0.1) is 0 Å². The van der Waals surface area contributed by atoms with Crippen molar-refractivity contribution in [2.75, 3.05) is 51.3 Å². The number of hydrogen-bond acceptors (Lipinski definition) is 4. The lowest BCUT2D eigenvalue weighted by Crippen LogP contribution is -2.46. The van der Waals surface area contributed by atoms with Crippen molar-refractivity contribution < 1.29 is 4.74 Å². The summed E-state index contributed by atoms with van der Waals surface area (Å²) in [6.07, 6.45) is 6.57. The maximum Gasteiger partial charge on any atom is 0.0826 e. The van der Waals surface area contributed by atoms with Crippen LogP contribution in [0.4, 0.5) is 0 Å². The largest absolute Gasteiger partial charge is 0.374 e. The van der Waals surface area contributed by atoms with E-state index in [0.29, 0.717) is 6.10 Å². The van der Waals surface area contributed by atoms with Gasteiger partial charge in [0.15, 0.2) is 0 Å². The second kappa shape index (κ2) is 10.2. The Labute approximate surface area is 111 Å². The predicted molar refractivity (Wildman–Crippen MR) is 77.0 cm³/mol. The van der Waals surface area contributed by atoms with E-state index in [2.05, 4.69) is 23.4 Å². The maximum atomic E-state index is 5.75. The molecule has 1 fully saturated rings. The molecule has 1 saturated heterocycles. The van der Waals surface area contributed by atoms with Gasteiger partial charge in [-0.25, -0.2) is 0 Å². The molecule has 0 saturated carbocycles. The van der Waals surface area contributed by atoms with Crippen LogP contribution in [0.15, 0.2) is 0 Å². The SMILES string of the molecule is CCN1CCOC(CNCCCCCSC)C1. The quantitative estimate of drug-likeness (QED) is 0.639. The highest BCUT2D eigenvalue weighted by Gasteiger charge is 2.18. The fraction of sp³-hybridized carbons (Fsp3) is 1.00. The second-order valence-electron chi connectivity index (χ2n) is 4.64. The van der Waals surface area contributed by atoms with Crippen LogP contribution in [-0.4, -0.2) is 62.3 Å². The summed E-state index contributed by atoms with van der Waals surface area (Å²) in [6.45, 7) is 8.61. The number of thioether (sulfide) groups is 1. The monoisotopic (exact) mass is 260 g/mol. The van der Waals surface area contributed by atoms with Crippen LogP contribution in [0.1, 0.15) is 26.2 Å². The first-order valence-electron chi connectivity index (χ1n) is 6.90. The Kier molecular flexibility index (Phi) is 9.16. The zero-order chi connectivity index (χ0) is 12.3. The molecular weight excluding hydrogens is 232 g/mol. The summed E-state index contributed by atoms with van der Waals surface area (Å²) in [7, 11) is 0. The maximum absolute atomic E-state index is 5.75. The Morgan fingerprint density at radius 1 is 1.35 bits per heavy atom. The number of unbranched alkanes of at least 4 members (excludes halogenated alkanes) is 2. The molecular formula is C13H28N2OS. The standard InChI is InChI=1S/C13H28N2OS/c1-3-15-8-9-16-13(12-15)11-14-7-5-4-6-10-17-2/h13-14H,3-12H2,1-2H3. The van der Waals surface area contributed by atoms with Gasteiger partial charge in [-0.1, -0.05) is 13.3 Å². The molecule has 1 aliphatic rings. The molecule has 17 heavy (non-hydrogen) atoms. The molecule has 0 radical (unpaired) electrons. The zero-order valence-electron chi connectivity index (χ0n) is 11.4. The molecule has 0 aromatic carbocycles. The van der Waals surface area contributed by atoms with Crippen molar-refractivity contribution in [2.45, 2.75) is 32.3 Å². The molecule has 1 rings (SSSR count). The summed E-state index contributed by atoms with van der Waals surface area (Å²) in [4.78, 5) is 2.47. The zero-order valence-corrected chi connectivity index (χ0v) is 12.2. The summed E-state index contributed by atoms with van der Waals surface area (Å²) >= 11 is 1.94. The molecule has 0 bridgehead atoms. The van der Waals surface area contributed by atoms with Gasteiger partial charge in [-0.05, 0) is 37.9 Å². The van der Waals surface area contributed by atoms with E-state index in [1.807, 2.05) is 11.8 Å². The van der Waals surface area contributed by atoms with Crippen LogP contribution in [0.3, 0.4) is 0 Å². The highest BCUT2D eigenvalue weighted by molar-refractivity contribution is 7.98. The fourth-order valence-corrected chi connectivity index (χ4v) is 2.62. The number of rotatable bonds is 9. The Bertz CT molecular complexity index is 181. The number of hydrogen-bond donors (Lipinski definition) is 1. The molecule has 1 N–H and O–H groups in total. The minimum absolute atomic E-state index is 0.398. The van der Waals surface area contributed by atoms with Crippen molar-refractivity contribution in [1.29, 1.82) is 0 Å². The molecule has 0 amide bonds. The highest BCUT2D eigenvalue weighted by atomic mass is 32.2. The van der Waals surface area contributed by atoms with Gasteiger partial charge in [0.25, 0.3) is 0 Å². The summed E-state index contributed by atoms with van der Waals surface area (Å²) in [6, 6.07) is 0. The van der Waals surface area contributed by atoms with E-state index in [1.54, 1.807) is 0 Å². The van der Waals surface area contributed by atoms with Gasteiger partial charge < -0.3 is 10.1 Å². The second-order valence-corrected chi connectivity index (χ2v) is 5.63. The minimum atomic E-state index is 0.398. The number of likely N-dealkylation sites (N-methyl/N-ethyl adjacent to an activating group) is 1. The van der Waals surface area contributed by atoms with Gasteiger partial charge in [-0.3, -0.25) is 4.90 Å². The van der Waals surface area contributed by atoms with Crippen molar-refractivity contribution >= 4 is 11.8 Å². The van der Waals surface area contributed by atoms with Crippen molar-refractivity contribution in [2.24, 2.45) is 0 Å². The van der Waals surface area contributed by atoms with Crippen molar-refractivity contribution in [1.82, 2.24) is 10.2 Å². The number of ether oxygens (including phenoxy) is 1. The van der Waals surface area contributed by atoms with Crippen LogP contribution in [0.5, 0.6) is 0 Å². The van der Waals surface area contributed by atoms with E-state index < -0.39 is 0 Å². The number of morpholine rings is 1. The van der Waals surface area contributed by atoms with Gasteiger partial charge >= 0.3 is 0 Å². The van der Waals surface area contributed by atoms with E-state index in [4.69, 9.17) is 4.74 Å². The Morgan fingerprint density at radius 3 is 3.00 bits per heavy atom. The highest BCUT2D eigenvalue weighted by Crippen LogP contribution is 2.04. The van der Waals surface area contributed by atoms with Gasteiger partial charge in [0.1, 0.15) is 0 Å². The summed E-state index contributed by atoms with van der Waals surface area (Å²) in [5.74, 6) is 1.30. The summed E-state index contributed by atoms with van der Waals surface area (Å²) < 4.78 is 5.75. The van der Waals surface area contributed by atoms with E-state index in [-0.39, 0.29) is 0 Å². The van der Waals surface area contributed by atoms with Gasteiger partial charge in [0.2, 0.25) is 0 Å². The van der Waals surface area contributed by atoms with Crippen molar-refractivity contribution in [3.63, 3.8) is 0 Å². The Balaban J connectivity index is 1.91. The molecule has 0 aromatic heterocycles. The number of nitrogens with one attached hydrogen (secondary N) is 1. The molecule has 1 heterocycles. The average molecular weight is 260 g/mol. The lowest BCUT2D eigenvalue weighted by molar-refractivity contribution is -0.0251. The first-order valence-corrected chi connectivity index (χ1v) is 8.29. The van der Waals surface area contributed by atoms with Crippen LogP contribution in [0.25, 0.3) is 0 Å². The van der Waals surface area contributed by atoms with Gasteiger partial charge in [0.05, 0.1) is 12.7 Å². The first-order chi connectivity index (χ1) is 8.36. The number of nitrogens with zero attached hydrogens (tertiary/aromatic N) is 1. The minimum Gasteiger partial charge on any atom is -0.374 e. The summed E-state index contributed by atoms with van der Waals surface area (Å²) in [5, 5.41) is 3.52. The summed E-state index contributed by atoms with van der Waals surface area (Å²) in [5.41, 5.74) is 0. The van der Waals surface area contributed by atoms with Gasteiger partial charge in [0, 0.05) is 19.6 Å².